The van der Waals surface area contributed by atoms with Crippen LogP contribution in [0.1, 0.15) is 35.2 Å². The predicted molar refractivity (Wildman–Crippen MR) is 102 cm³/mol. The molecule has 2 aromatic rings. The number of carbonyl (C=O) groups is 1. The maximum absolute atomic E-state index is 13.2. The fourth-order valence-corrected chi connectivity index (χ4v) is 4.32. The van der Waals surface area contributed by atoms with Gasteiger partial charge in [0.05, 0.1) is 27.4 Å². The first-order chi connectivity index (χ1) is 13.6. The van der Waals surface area contributed by atoms with Gasteiger partial charge in [-0.2, -0.15) is 13.2 Å². The second-order valence-corrected chi connectivity index (χ2v) is 8.40. The first kappa shape index (κ1) is 21.0. The fourth-order valence-electron chi connectivity index (χ4n) is 3.20. The van der Waals surface area contributed by atoms with Crippen molar-refractivity contribution in [3.63, 3.8) is 0 Å². The molecular formula is C19H19F3N2O4S. The summed E-state index contributed by atoms with van der Waals surface area (Å²) in [7, 11) is -4.30. The van der Waals surface area contributed by atoms with Crippen LogP contribution in [0.5, 0.6) is 0 Å². The summed E-state index contributed by atoms with van der Waals surface area (Å²) in [5.41, 5.74) is -1.05. The molecule has 1 aliphatic rings. The van der Waals surface area contributed by atoms with E-state index in [1.165, 1.54) is 24.3 Å². The fraction of sp³-hybridized carbons (Fsp3) is 0.316. The van der Waals surface area contributed by atoms with Gasteiger partial charge >= 0.3 is 12.1 Å². The second-order valence-electron chi connectivity index (χ2n) is 6.72. The topological polar surface area (TPSA) is 86.7 Å². The second kappa shape index (κ2) is 7.94. The molecule has 3 rings (SSSR count). The SMILES string of the molecule is O=C(O)c1cccc(S(=O)(=O)Nc2cc(C(F)(F)F)ccc2N2CCCCC2)c1. The molecule has 0 aromatic heterocycles. The number of anilines is 2. The maximum atomic E-state index is 13.2. The monoisotopic (exact) mass is 428 g/mol. The minimum absolute atomic E-state index is 0.192. The summed E-state index contributed by atoms with van der Waals surface area (Å²) in [6, 6.07) is 7.58. The molecule has 0 saturated carbocycles. The quantitative estimate of drug-likeness (QED) is 0.746. The zero-order chi connectivity index (χ0) is 21.2. The molecule has 2 aromatic carbocycles. The molecule has 1 saturated heterocycles. The van der Waals surface area contributed by atoms with E-state index in [0.29, 0.717) is 18.8 Å². The Labute approximate surface area is 166 Å². The number of hydrogen-bond donors (Lipinski definition) is 2. The molecule has 0 amide bonds. The molecule has 0 spiro atoms. The molecular weight excluding hydrogens is 409 g/mol. The lowest BCUT2D eigenvalue weighted by Crippen LogP contribution is -2.30. The largest absolute Gasteiger partial charge is 0.478 e. The van der Waals surface area contributed by atoms with E-state index in [1.54, 1.807) is 0 Å². The van der Waals surface area contributed by atoms with Crippen LogP contribution in [0, 0.1) is 0 Å². The predicted octanol–water partition coefficient (Wildman–Crippen LogP) is 4.19. The van der Waals surface area contributed by atoms with Crippen LogP contribution in [0.4, 0.5) is 24.5 Å². The minimum Gasteiger partial charge on any atom is -0.478 e. The lowest BCUT2D eigenvalue weighted by Gasteiger charge is -2.31. The van der Waals surface area contributed by atoms with E-state index in [-0.39, 0.29) is 16.1 Å². The van der Waals surface area contributed by atoms with Gasteiger partial charge in [0.2, 0.25) is 0 Å². The van der Waals surface area contributed by atoms with Crippen LogP contribution in [0.3, 0.4) is 0 Å². The Kier molecular flexibility index (Phi) is 5.74. The van der Waals surface area contributed by atoms with E-state index in [9.17, 15) is 26.4 Å². The average molecular weight is 428 g/mol. The molecule has 1 aliphatic heterocycles. The van der Waals surface area contributed by atoms with Gasteiger partial charge in [-0.15, -0.1) is 0 Å². The van der Waals surface area contributed by atoms with Crippen LogP contribution in [-0.4, -0.2) is 32.6 Å². The number of nitrogens with zero attached hydrogens (tertiary/aromatic N) is 1. The molecule has 1 fully saturated rings. The lowest BCUT2D eigenvalue weighted by molar-refractivity contribution is -0.137. The molecule has 10 heteroatoms. The van der Waals surface area contributed by atoms with Crippen LogP contribution >= 0.6 is 0 Å². The Morgan fingerprint density at radius 1 is 1.03 bits per heavy atom. The van der Waals surface area contributed by atoms with Crippen molar-refractivity contribution in [2.24, 2.45) is 0 Å². The van der Waals surface area contributed by atoms with E-state index >= 15 is 0 Å². The van der Waals surface area contributed by atoms with Crippen LogP contribution in [0.15, 0.2) is 47.4 Å². The number of carboxylic acid groups (broad SMARTS) is 1. The van der Waals surface area contributed by atoms with Gasteiger partial charge in [-0.05, 0) is 55.7 Å². The Bertz CT molecular complexity index is 1020. The third-order valence-electron chi connectivity index (χ3n) is 4.66. The molecule has 1 heterocycles. The Morgan fingerprint density at radius 3 is 2.34 bits per heavy atom. The summed E-state index contributed by atoms with van der Waals surface area (Å²) in [6.45, 7) is 1.21. The third-order valence-corrected chi connectivity index (χ3v) is 6.02. The zero-order valence-electron chi connectivity index (χ0n) is 15.2. The van der Waals surface area contributed by atoms with Crippen LogP contribution in [0.2, 0.25) is 0 Å². The standard InChI is InChI=1S/C19H19F3N2O4S/c20-19(21,22)14-7-8-17(24-9-2-1-3-10-24)16(12-14)23-29(27,28)15-6-4-5-13(11-15)18(25)26/h4-8,11-12,23H,1-3,9-10H2,(H,25,26). The van der Waals surface area contributed by atoms with Crippen molar-refractivity contribution in [2.45, 2.75) is 30.3 Å². The number of benzene rings is 2. The molecule has 0 atom stereocenters. The zero-order valence-corrected chi connectivity index (χ0v) is 16.1. The summed E-state index contributed by atoms with van der Waals surface area (Å²) < 4.78 is 67.3. The number of hydrogen-bond acceptors (Lipinski definition) is 4. The number of sulfonamides is 1. The van der Waals surface area contributed by atoms with E-state index in [0.717, 1.165) is 37.5 Å². The number of piperidine rings is 1. The molecule has 0 unspecified atom stereocenters. The molecule has 156 valence electrons. The van der Waals surface area contributed by atoms with E-state index in [1.807, 2.05) is 4.90 Å². The van der Waals surface area contributed by atoms with Crippen molar-refractivity contribution in [2.75, 3.05) is 22.7 Å². The highest BCUT2D eigenvalue weighted by atomic mass is 32.2. The molecule has 29 heavy (non-hydrogen) atoms. The van der Waals surface area contributed by atoms with Gasteiger partial charge in [0.15, 0.2) is 0 Å². The van der Waals surface area contributed by atoms with Gasteiger partial charge in [0, 0.05) is 13.1 Å². The normalized spacial score (nSPS) is 15.2. The average Bonchev–Trinajstić information content (AvgIpc) is 2.67. The summed E-state index contributed by atoms with van der Waals surface area (Å²) in [5.74, 6) is -1.31. The van der Waals surface area contributed by atoms with Crippen molar-refractivity contribution in [3.05, 3.63) is 53.6 Å². The van der Waals surface area contributed by atoms with Gasteiger partial charge < -0.3 is 10.0 Å². The van der Waals surface area contributed by atoms with Crippen molar-refractivity contribution >= 4 is 27.4 Å². The first-order valence-corrected chi connectivity index (χ1v) is 10.4. The molecule has 6 nitrogen and oxygen atoms in total. The smallest absolute Gasteiger partial charge is 0.416 e. The van der Waals surface area contributed by atoms with E-state index < -0.39 is 27.7 Å². The summed E-state index contributed by atoms with van der Waals surface area (Å²) >= 11 is 0. The van der Waals surface area contributed by atoms with Crippen molar-refractivity contribution < 1.29 is 31.5 Å². The lowest BCUT2D eigenvalue weighted by atomic mass is 10.1. The van der Waals surface area contributed by atoms with Crippen molar-refractivity contribution in [3.8, 4) is 0 Å². The number of halogens is 3. The molecule has 0 bridgehead atoms. The minimum atomic E-state index is -4.64. The molecule has 2 N–H and O–H groups in total. The Hall–Kier alpha value is -2.75. The number of aromatic carboxylic acids is 1. The van der Waals surface area contributed by atoms with Gasteiger partial charge in [-0.1, -0.05) is 6.07 Å². The first-order valence-electron chi connectivity index (χ1n) is 8.90. The van der Waals surface area contributed by atoms with E-state index in [2.05, 4.69) is 4.72 Å². The Morgan fingerprint density at radius 2 is 1.72 bits per heavy atom. The van der Waals surface area contributed by atoms with Crippen LogP contribution < -0.4 is 9.62 Å². The third kappa shape index (κ3) is 4.81. The van der Waals surface area contributed by atoms with Crippen molar-refractivity contribution in [1.29, 1.82) is 0 Å². The van der Waals surface area contributed by atoms with Gasteiger partial charge in [0.25, 0.3) is 10.0 Å². The number of nitrogens with one attached hydrogen (secondary N) is 1. The Balaban J connectivity index is 2.03. The van der Waals surface area contributed by atoms with Crippen LogP contribution in [0.25, 0.3) is 0 Å². The van der Waals surface area contributed by atoms with Crippen LogP contribution in [-0.2, 0) is 16.2 Å². The number of rotatable bonds is 5. The van der Waals surface area contributed by atoms with Gasteiger partial charge in [-0.3, -0.25) is 4.72 Å². The highest BCUT2D eigenvalue weighted by Crippen LogP contribution is 2.37. The number of carboxylic acids is 1. The summed E-state index contributed by atoms with van der Waals surface area (Å²) in [6.07, 6.45) is -1.92. The highest BCUT2D eigenvalue weighted by molar-refractivity contribution is 7.92. The van der Waals surface area contributed by atoms with E-state index in [4.69, 9.17) is 5.11 Å². The maximum Gasteiger partial charge on any atom is 0.416 e. The highest BCUT2D eigenvalue weighted by Gasteiger charge is 2.32. The molecule has 0 aliphatic carbocycles. The van der Waals surface area contributed by atoms with Gasteiger partial charge in [0.1, 0.15) is 0 Å². The van der Waals surface area contributed by atoms with Gasteiger partial charge in [-0.25, -0.2) is 13.2 Å². The molecule has 0 radical (unpaired) electrons. The van der Waals surface area contributed by atoms with Crippen molar-refractivity contribution in [1.82, 2.24) is 0 Å². The summed E-state index contributed by atoms with van der Waals surface area (Å²) in [4.78, 5) is 12.6. The number of alkyl halides is 3. The summed E-state index contributed by atoms with van der Waals surface area (Å²) in [5, 5.41) is 9.06.